The third-order valence-electron chi connectivity index (χ3n) is 3.36. The van der Waals surface area contributed by atoms with Crippen LogP contribution in [0.4, 0.5) is 5.69 Å². The third kappa shape index (κ3) is 2.65. The summed E-state index contributed by atoms with van der Waals surface area (Å²) in [6.45, 7) is 0.0718. The number of nitrogens with two attached hydrogens (primary N) is 1. The van der Waals surface area contributed by atoms with Crippen LogP contribution in [0.25, 0.3) is 0 Å². The van der Waals surface area contributed by atoms with Crippen LogP contribution in [0.2, 0.25) is 0 Å². The number of fused-ring (bicyclic) bond motifs is 1. The van der Waals surface area contributed by atoms with Gasteiger partial charge in [0.05, 0.1) is 5.69 Å². The Morgan fingerprint density at radius 3 is 2.80 bits per heavy atom. The number of carbonyl (C=O) groups is 1. The lowest BCUT2D eigenvalue weighted by atomic mass is 9.99. The number of nitrogens with one attached hydrogen (secondary N) is 1. The van der Waals surface area contributed by atoms with E-state index in [1.807, 2.05) is 36.4 Å². The Morgan fingerprint density at radius 2 is 2.00 bits per heavy atom. The highest BCUT2D eigenvalue weighted by Gasteiger charge is 2.17. The minimum Gasteiger partial charge on any atom is -0.482 e. The average molecular weight is 268 g/mol. The largest absolute Gasteiger partial charge is 0.482 e. The molecule has 0 aromatic heterocycles. The van der Waals surface area contributed by atoms with E-state index in [-0.39, 0.29) is 18.6 Å². The van der Waals surface area contributed by atoms with Crippen LogP contribution in [0.3, 0.4) is 0 Å². The van der Waals surface area contributed by atoms with Crippen LogP contribution in [-0.4, -0.2) is 12.5 Å². The first-order valence-corrected chi connectivity index (χ1v) is 6.58. The zero-order chi connectivity index (χ0) is 13.9. The van der Waals surface area contributed by atoms with E-state index in [0.29, 0.717) is 11.4 Å². The number of benzene rings is 2. The summed E-state index contributed by atoms with van der Waals surface area (Å²) in [5.41, 5.74) is 9.12. The van der Waals surface area contributed by atoms with Crippen molar-refractivity contribution in [2.24, 2.45) is 5.73 Å². The Hall–Kier alpha value is -2.33. The van der Waals surface area contributed by atoms with Crippen LogP contribution in [-0.2, 0) is 11.2 Å². The van der Waals surface area contributed by atoms with Crippen molar-refractivity contribution in [2.75, 3.05) is 11.9 Å². The van der Waals surface area contributed by atoms with E-state index in [2.05, 4.69) is 17.4 Å². The molecule has 0 aliphatic carbocycles. The minimum atomic E-state index is -0.133. The number of hydrogen-bond acceptors (Lipinski definition) is 3. The molecule has 1 heterocycles. The maximum absolute atomic E-state index is 11.3. The molecular formula is C16H16N2O2. The van der Waals surface area contributed by atoms with E-state index in [9.17, 15) is 4.79 Å². The number of rotatable bonds is 3. The molecule has 0 saturated carbocycles. The fraction of sp³-hybridized carbons (Fsp3) is 0.188. The topological polar surface area (TPSA) is 64.3 Å². The van der Waals surface area contributed by atoms with Crippen molar-refractivity contribution in [1.82, 2.24) is 0 Å². The lowest BCUT2D eigenvalue weighted by molar-refractivity contribution is -0.118. The molecule has 1 aliphatic rings. The first kappa shape index (κ1) is 12.7. The van der Waals surface area contributed by atoms with Crippen molar-refractivity contribution in [3.05, 3.63) is 59.7 Å². The highest BCUT2D eigenvalue weighted by Crippen LogP contribution is 2.30. The van der Waals surface area contributed by atoms with Gasteiger partial charge in [0.25, 0.3) is 5.91 Å². The Kier molecular flexibility index (Phi) is 3.39. The van der Waals surface area contributed by atoms with Crippen LogP contribution in [0, 0.1) is 0 Å². The highest BCUT2D eigenvalue weighted by atomic mass is 16.5. The smallest absolute Gasteiger partial charge is 0.262 e. The standard InChI is InChI=1S/C16H16N2O2/c17-13(8-11-4-2-1-3-5-11)12-6-7-15-14(9-12)18-16(19)10-20-15/h1-7,9,13H,8,10,17H2,(H,18,19). The molecule has 1 atom stereocenters. The lowest BCUT2D eigenvalue weighted by Gasteiger charge is -2.20. The highest BCUT2D eigenvalue weighted by molar-refractivity contribution is 5.95. The second kappa shape index (κ2) is 5.35. The number of ether oxygens (including phenoxy) is 1. The summed E-state index contributed by atoms with van der Waals surface area (Å²) in [5, 5.41) is 2.80. The Morgan fingerprint density at radius 1 is 1.20 bits per heavy atom. The van der Waals surface area contributed by atoms with Gasteiger partial charge in [-0.1, -0.05) is 36.4 Å². The molecular weight excluding hydrogens is 252 g/mol. The van der Waals surface area contributed by atoms with E-state index in [0.717, 1.165) is 12.0 Å². The quantitative estimate of drug-likeness (QED) is 0.897. The molecule has 20 heavy (non-hydrogen) atoms. The summed E-state index contributed by atoms with van der Waals surface area (Å²) >= 11 is 0. The van der Waals surface area contributed by atoms with E-state index in [4.69, 9.17) is 10.5 Å². The van der Waals surface area contributed by atoms with Crippen molar-refractivity contribution >= 4 is 11.6 Å². The molecule has 2 aromatic rings. The van der Waals surface area contributed by atoms with Gasteiger partial charge >= 0.3 is 0 Å². The first-order valence-electron chi connectivity index (χ1n) is 6.58. The molecule has 102 valence electrons. The molecule has 0 bridgehead atoms. The maximum Gasteiger partial charge on any atom is 0.262 e. The van der Waals surface area contributed by atoms with E-state index in [1.54, 1.807) is 0 Å². The van der Waals surface area contributed by atoms with Gasteiger partial charge in [0, 0.05) is 6.04 Å². The molecule has 3 rings (SSSR count). The Labute approximate surface area is 117 Å². The molecule has 0 saturated heterocycles. The fourth-order valence-corrected chi connectivity index (χ4v) is 2.32. The van der Waals surface area contributed by atoms with Gasteiger partial charge in [-0.15, -0.1) is 0 Å². The van der Waals surface area contributed by atoms with Gasteiger partial charge in [0.15, 0.2) is 6.61 Å². The van der Waals surface area contributed by atoms with Gasteiger partial charge < -0.3 is 15.8 Å². The van der Waals surface area contributed by atoms with Crippen LogP contribution < -0.4 is 15.8 Å². The molecule has 1 amide bonds. The fourth-order valence-electron chi connectivity index (χ4n) is 2.32. The van der Waals surface area contributed by atoms with Gasteiger partial charge in [0.2, 0.25) is 0 Å². The molecule has 0 spiro atoms. The monoisotopic (exact) mass is 268 g/mol. The molecule has 4 heteroatoms. The predicted molar refractivity (Wildman–Crippen MR) is 77.6 cm³/mol. The summed E-state index contributed by atoms with van der Waals surface area (Å²) < 4.78 is 5.34. The molecule has 1 aliphatic heterocycles. The SMILES string of the molecule is NC(Cc1ccccc1)c1ccc2c(c1)NC(=O)CO2. The van der Waals surface area contributed by atoms with Gasteiger partial charge in [-0.05, 0) is 29.7 Å². The maximum atomic E-state index is 11.3. The summed E-state index contributed by atoms with van der Waals surface area (Å²) in [6, 6.07) is 15.7. The van der Waals surface area contributed by atoms with Gasteiger partial charge in [-0.2, -0.15) is 0 Å². The van der Waals surface area contributed by atoms with Crippen molar-refractivity contribution < 1.29 is 9.53 Å². The molecule has 0 radical (unpaired) electrons. The first-order chi connectivity index (χ1) is 9.72. The molecule has 3 N–H and O–H groups in total. The van der Waals surface area contributed by atoms with Crippen molar-refractivity contribution in [3.63, 3.8) is 0 Å². The van der Waals surface area contributed by atoms with E-state index < -0.39 is 0 Å². The van der Waals surface area contributed by atoms with Crippen LogP contribution >= 0.6 is 0 Å². The third-order valence-corrected chi connectivity index (χ3v) is 3.36. The van der Waals surface area contributed by atoms with Gasteiger partial charge in [0.1, 0.15) is 5.75 Å². The van der Waals surface area contributed by atoms with Crippen LogP contribution in [0.15, 0.2) is 48.5 Å². The number of amides is 1. The normalized spacial score (nSPS) is 14.9. The Bertz CT molecular complexity index is 626. The van der Waals surface area contributed by atoms with Crippen LogP contribution in [0.1, 0.15) is 17.2 Å². The number of anilines is 1. The van der Waals surface area contributed by atoms with E-state index in [1.165, 1.54) is 5.56 Å². The summed E-state index contributed by atoms with van der Waals surface area (Å²) in [5.74, 6) is 0.562. The van der Waals surface area contributed by atoms with Crippen molar-refractivity contribution in [1.29, 1.82) is 0 Å². The summed E-state index contributed by atoms with van der Waals surface area (Å²) in [4.78, 5) is 11.3. The number of carbonyl (C=O) groups excluding carboxylic acids is 1. The van der Waals surface area contributed by atoms with Gasteiger partial charge in [-0.3, -0.25) is 4.79 Å². The zero-order valence-electron chi connectivity index (χ0n) is 11.0. The summed E-state index contributed by atoms with van der Waals surface area (Å²) in [6.07, 6.45) is 0.758. The molecule has 4 nitrogen and oxygen atoms in total. The van der Waals surface area contributed by atoms with Gasteiger partial charge in [-0.25, -0.2) is 0 Å². The average Bonchev–Trinajstić information content (AvgIpc) is 2.47. The van der Waals surface area contributed by atoms with Crippen molar-refractivity contribution in [3.8, 4) is 5.75 Å². The summed E-state index contributed by atoms with van der Waals surface area (Å²) in [7, 11) is 0. The number of hydrogen-bond donors (Lipinski definition) is 2. The van der Waals surface area contributed by atoms with E-state index >= 15 is 0 Å². The minimum absolute atomic E-state index is 0.0718. The predicted octanol–water partition coefficient (Wildman–Crippen LogP) is 2.26. The van der Waals surface area contributed by atoms with Crippen molar-refractivity contribution in [2.45, 2.75) is 12.5 Å². The van der Waals surface area contributed by atoms with Crippen LogP contribution in [0.5, 0.6) is 5.75 Å². The second-order valence-corrected chi connectivity index (χ2v) is 4.89. The molecule has 1 unspecified atom stereocenters. The second-order valence-electron chi connectivity index (χ2n) is 4.89. The molecule has 2 aromatic carbocycles. The Balaban J connectivity index is 1.80. The molecule has 0 fully saturated rings. The lowest BCUT2D eigenvalue weighted by Crippen LogP contribution is -2.25. The zero-order valence-corrected chi connectivity index (χ0v) is 11.0.